The third kappa shape index (κ3) is 8.13. The molecule has 2 heterocycles. The predicted octanol–water partition coefficient (Wildman–Crippen LogP) is 3.86. The van der Waals surface area contributed by atoms with Crippen LogP contribution in [0.3, 0.4) is 0 Å². The number of para-hydroxylation sites is 1. The minimum atomic E-state index is -1.74. The van der Waals surface area contributed by atoms with E-state index in [1.807, 2.05) is 6.07 Å². The minimum absolute atomic E-state index is 0.0821. The Morgan fingerprint density at radius 3 is 2.35 bits per heavy atom. The zero-order chi connectivity index (χ0) is 24.9. The van der Waals surface area contributed by atoms with E-state index in [9.17, 15) is 9.59 Å². The fraction of sp³-hybridized carbons (Fsp3) is 0.545. The van der Waals surface area contributed by atoms with Crippen molar-refractivity contribution in [2.24, 2.45) is 5.92 Å². The second kappa shape index (κ2) is 10.9. The molecule has 1 aromatic heterocycles. The van der Waals surface area contributed by atoms with Gasteiger partial charge >= 0.3 is 11.8 Å². The first-order chi connectivity index (χ1) is 15.9. The Kier molecular flexibility index (Phi) is 8.41. The molecule has 3 atom stereocenters. The maximum Gasteiger partial charge on any atom is 0.419 e. The fourth-order valence-electron chi connectivity index (χ4n) is 3.31. The highest BCUT2D eigenvalue weighted by Gasteiger charge is 2.38. The monoisotopic (exact) mass is 506 g/mol. The fourth-order valence-corrected chi connectivity index (χ4v) is 4.69. The number of aromatic nitrogens is 3. The number of carbonyl (C=O) groups is 1. The van der Waals surface area contributed by atoms with Crippen LogP contribution in [0.4, 0.5) is 10.7 Å². The number of hydrogen-bond donors (Lipinski definition) is 1. The molecule has 1 N–H and O–H groups in total. The van der Waals surface area contributed by atoms with Gasteiger partial charge < -0.3 is 18.3 Å². The minimum Gasteiger partial charge on any atom is -0.417 e. The summed E-state index contributed by atoms with van der Waals surface area (Å²) in [5.41, 5.74) is -0.577. The first-order valence-corrected chi connectivity index (χ1v) is 18.1. The Morgan fingerprint density at radius 1 is 1.09 bits per heavy atom. The summed E-state index contributed by atoms with van der Waals surface area (Å²) in [6, 6.07) is 8.57. The van der Waals surface area contributed by atoms with Crippen LogP contribution in [0.25, 0.3) is 0 Å². The van der Waals surface area contributed by atoms with Gasteiger partial charge in [-0.1, -0.05) is 18.2 Å². The van der Waals surface area contributed by atoms with Gasteiger partial charge in [0.1, 0.15) is 18.3 Å². The molecule has 3 rings (SSSR count). The lowest BCUT2D eigenvalue weighted by Crippen LogP contribution is -2.36. The van der Waals surface area contributed by atoms with Crippen LogP contribution in [0.5, 0.6) is 5.75 Å². The van der Waals surface area contributed by atoms with Crippen molar-refractivity contribution < 1.29 is 23.1 Å². The highest BCUT2D eigenvalue weighted by atomic mass is 28.4. The second-order valence-electron chi connectivity index (χ2n) is 10.2. The van der Waals surface area contributed by atoms with Crippen LogP contribution in [-0.2, 0) is 13.6 Å². The van der Waals surface area contributed by atoms with Gasteiger partial charge in [-0.3, -0.25) is 9.88 Å². The van der Waals surface area contributed by atoms with Gasteiger partial charge in [0.2, 0.25) is 5.95 Å². The summed E-state index contributed by atoms with van der Waals surface area (Å²) in [4.78, 5) is 32.7. The smallest absolute Gasteiger partial charge is 0.417 e. The van der Waals surface area contributed by atoms with Gasteiger partial charge in [0.25, 0.3) is 0 Å². The van der Waals surface area contributed by atoms with Crippen LogP contribution < -0.4 is 15.7 Å². The number of nitrogens with one attached hydrogen (secondary N) is 1. The molecule has 0 saturated carbocycles. The molecule has 0 spiro atoms. The van der Waals surface area contributed by atoms with E-state index in [1.54, 1.807) is 24.3 Å². The number of amides is 1. The topological polar surface area (TPSA) is 114 Å². The number of benzene rings is 1. The van der Waals surface area contributed by atoms with E-state index in [2.05, 4.69) is 54.6 Å². The average molecular weight is 507 g/mol. The molecule has 1 unspecified atom stereocenters. The predicted molar refractivity (Wildman–Crippen MR) is 133 cm³/mol. The third-order valence-corrected chi connectivity index (χ3v) is 7.04. The van der Waals surface area contributed by atoms with E-state index in [0.29, 0.717) is 25.4 Å². The SMILES string of the molecule is C[Si](C)(C)OCC1C[C@H](n2cnc(NC(=O)Oc3ccccc3)nc2=O)O[C@@H]1CO[Si](C)(C)C. The van der Waals surface area contributed by atoms with Gasteiger partial charge in [-0.05, 0) is 51.4 Å². The highest BCUT2D eigenvalue weighted by Crippen LogP contribution is 2.34. The molecule has 12 heteroatoms. The summed E-state index contributed by atoms with van der Waals surface area (Å²) >= 11 is 0. The normalized spacial score (nSPS) is 20.8. The molecular formula is C22H34N4O6Si2. The van der Waals surface area contributed by atoms with Gasteiger partial charge in [0.05, 0.1) is 12.7 Å². The van der Waals surface area contributed by atoms with E-state index in [4.69, 9.17) is 18.3 Å². The molecule has 1 aromatic carbocycles. The van der Waals surface area contributed by atoms with Gasteiger partial charge in [-0.25, -0.2) is 14.6 Å². The number of hydrogen-bond acceptors (Lipinski definition) is 8. The van der Waals surface area contributed by atoms with Crippen molar-refractivity contribution in [3.63, 3.8) is 0 Å². The van der Waals surface area contributed by atoms with Crippen molar-refractivity contribution in [1.29, 1.82) is 0 Å². The maximum absolute atomic E-state index is 12.7. The highest BCUT2D eigenvalue weighted by molar-refractivity contribution is 6.70. The van der Waals surface area contributed by atoms with Crippen molar-refractivity contribution in [2.45, 2.75) is 58.0 Å². The molecule has 0 aliphatic carbocycles. The first kappa shape index (κ1) is 26.2. The zero-order valence-corrected chi connectivity index (χ0v) is 22.6. The van der Waals surface area contributed by atoms with Crippen LogP contribution in [-0.4, -0.2) is 56.6 Å². The lowest BCUT2D eigenvalue weighted by atomic mass is 10.0. The van der Waals surface area contributed by atoms with E-state index in [0.717, 1.165) is 0 Å². The van der Waals surface area contributed by atoms with Crippen molar-refractivity contribution >= 4 is 28.7 Å². The van der Waals surface area contributed by atoms with E-state index < -0.39 is 34.6 Å². The molecule has 10 nitrogen and oxygen atoms in total. The van der Waals surface area contributed by atoms with Crippen LogP contribution in [0, 0.1) is 5.92 Å². The molecule has 2 aromatic rings. The summed E-state index contributed by atoms with van der Waals surface area (Å²) in [6.45, 7) is 13.8. The lowest BCUT2D eigenvalue weighted by molar-refractivity contribution is -0.0328. The summed E-state index contributed by atoms with van der Waals surface area (Å²) in [7, 11) is -3.45. The van der Waals surface area contributed by atoms with Gasteiger partial charge in [-0.2, -0.15) is 4.98 Å². The first-order valence-electron chi connectivity index (χ1n) is 11.3. The largest absolute Gasteiger partial charge is 0.419 e. The number of carbonyl (C=O) groups excluding carboxylic acids is 1. The average Bonchev–Trinajstić information content (AvgIpc) is 3.13. The summed E-state index contributed by atoms with van der Waals surface area (Å²) in [6.07, 6.45) is 0.390. The van der Waals surface area contributed by atoms with E-state index in [1.165, 1.54) is 10.9 Å². The Morgan fingerprint density at radius 2 is 1.74 bits per heavy atom. The van der Waals surface area contributed by atoms with Crippen molar-refractivity contribution in [3.05, 3.63) is 47.1 Å². The van der Waals surface area contributed by atoms with E-state index in [-0.39, 0.29) is 18.0 Å². The molecule has 34 heavy (non-hydrogen) atoms. The standard InChI is InChI=1S/C22H34N4O6Si2/c1-33(2,3)29-13-16-12-19(32-18(16)14-30-34(4,5)6)26-15-23-20(24-21(26)27)25-22(28)31-17-10-8-7-9-11-17/h7-11,15-16,18-19H,12-14H2,1-6H3,(H,24,25,27,28)/t16?,18-,19-/m1/s1. The van der Waals surface area contributed by atoms with Crippen molar-refractivity contribution in [2.75, 3.05) is 18.5 Å². The van der Waals surface area contributed by atoms with Crippen molar-refractivity contribution in [3.8, 4) is 5.75 Å². The maximum atomic E-state index is 12.7. The molecular weight excluding hydrogens is 472 g/mol. The second-order valence-corrected chi connectivity index (χ2v) is 19.2. The van der Waals surface area contributed by atoms with Crippen molar-refractivity contribution in [1.82, 2.24) is 14.5 Å². The molecule has 1 aliphatic rings. The molecule has 1 amide bonds. The summed E-state index contributed by atoms with van der Waals surface area (Å²) in [5, 5.41) is 2.37. The Labute approximate surface area is 201 Å². The Balaban J connectivity index is 1.67. The lowest BCUT2D eigenvalue weighted by Gasteiger charge is -2.26. The number of ether oxygens (including phenoxy) is 2. The summed E-state index contributed by atoms with van der Waals surface area (Å²) < 4.78 is 24.9. The molecule has 1 aliphatic heterocycles. The summed E-state index contributed by atoms with van der Waals surface area (Å²) in [5.74, 6) is 0.307. The number of anilines is 1. The van der Waals surface area contributed by atoms with E-state index >= 15 is 0 Å². The Hall–Kier alpha value is -2.39. The van der Waals surface area contributed by atoms with Gasteiger partial charge in [-0.15, -0.1) is 0 Å². The van der Waals surface area contributed by atoms with Crippen LogP contribution in [0.15, 0.2) is 41.5 Å². The van der Waals surface area contributed by atoms with Crippen LogP contribution >= 0.6 is 0 Å². The van der Waals surface area contributed by atoms with Crippen LogP contribution in [0.2, 0.25) is 39.3 Å². The molecule has 0 radical (unpaired) electrons. The molecule has 1 fully saturated rings. The number of rotatable bonds is 9. The molecule has 186 valence electrons. The van der Waals surface area contributed by atoms with Gasteiger partial charge in [0, 0.05) is 18.9 Å². The molecule has 1 saturated heterocycles. The quantitative estimate of drug-likeness (QED) is 0.510. The zero-order valence-electron chi connectivity index (χ0n) is 20.6. The van der Waals surface area contributed by atoms with Crippen LogP contribution in [0.1, 0.15) is 12.6 Å². The number of nitrogens with zero attached hydrogens (tertiary/aromatic N) is 3. The third-order valence-electron chi connectivity index (χ3n) is 4.98. The van der Waals surface area contributed by atoms with Gasteiger partial charge in [0.15, 0.2) is 16.6 Å². The Bertz CT molecular complexity index is 997. The molecule has 0 bridgehead atoms.